The Bertz CT molecular complexity index is 1650. The third-order valence-corrected chi connectivity index (χ3v) is 8.29. The van der Waals surface area contributed by atoms with Crippen LogP contribution < -0.4 is 15.4 Å². The molecule has 0 aliphatic carbocycles. The molecule has 2 heterocycles. The Morgan fingerprint density at radius 1 is 1.02 bits per heavy atom. The van der Waals surface area contributed by atoms with Gasteiger partial charge in [0, 0.05) is 15.2 Å². The molecule has 2 amide bonds. The van der Waals surface area contributed by atoms with Crippen LogP contribution in [-0.2, 0) is 16.1 Å². The molecule has 0 radical (unpaired) electrons. The molecule has 0 unspecified atom stereocenters. The van der Waals surface area contributed by atoms with E-state index in [-0.39, 0.29) is 30.7 Å². The van der Waals surface area contributed by atoms with E-state index in [1.54, 1.807) is 16.7 Å². The topological polar surface area (TPSA) is 111 Å². The van der Waals surface area contributed by atoms with Crippen LogP contribution in [-0.4, -0.2) is 43.9 Å². The van der Waals surface area contributed by atoms with E-state index in [0.717, 1.165) is 20.4 Å². The summed E-state index contributed by atoms with van der Waals surface area (Å²) in [4.78, 5) is 29.6. The molecule has 0 bridgehead atoms. The van der Waals surface area contributed by atoms with Gasteiger partial charge in [0.25, 0.3) is 5.91 Å². The van der Waals surface area contributed by atoms with E-state index in [1.165, 1.54) is 29.2 Å². The average Bonchev–Trinajstić information content (AvgIpc) is 3.54. The van der Waals surface area contributed by atoms with Gasteiger partial charge in [-0.1, -0.05) is 74.4 Å². The maximum Gasteiger partial charge on any atom is 0.258 e. The molecule has 204 valence electrons. The van der Waals surface area contributed by atoms with E-state index < -0.39 is 0 Å². The van der Waals surface area contributed by atoms with E-state index in [9.17, 15) is 9.59 Å². The van der Waals surface area contributed by atoms with Crippen LogP contribution in [0.3, 0.4) is 0 Å². The van der Waals surface area contributed by atoms with Crippen LogP contribution in [0.25, 0.3) is 15.9 Å². The van der Waals surface area contributed by atoms with Gasteiger partial charge in [0.05, 0.1) is 27.5 Å². The number of rotatable bonds is 10. The number of hydrogen-bond acceptors (Lipinski definition) is 8. The number of benzene rings is 3. The van der Waals surface area contributed by atoms with Crippen LogP contribution in [0.2, 0.25) is 10.0 Å². The Hall–Kier alpha value is -3.16. The van der Waals surface area contributed by atoms with Crippen molar-refractivity contribution in [3.63, 3.8) is 0 Å². The highest BCUT2D eigenvalue weighted by Crippen LogP contribution is 2.28. The minimum absolute atomic E-state index is 0.0814. The smallest absolute Gasteiger partial charge is 0.258 e. The number of aromatic nitrogens is 4. The number of halogens is 3. The number of thiazole rings is 1. The number of anilines is 1. The highest BCUT2D eigenvalue weighted by molar-refractivity contribution is 9.10. The fraction of sp³-hybridized carbons (Fsp3) is 0.115. The first kappa shape index (κ1) is 28.4. The SMILES string of the molecule is O=C(COc1ccc(Cl)cc1Cl)NCc1nnc(SCC(=O)Nc2nc3ccccc3s2)n1-c1ccc(Br)cc1. The summed E-state index contributed by atoms with van der Waals surface area (Å²) in [6, 6.07) is 20.0. The minimum Gasteiger partial charge on any atom is -0.482 e. The van der Waals surface area contributed by atoms with Crippen molar-refractivity contribution in [1.82, 2.24) is 25.1 Å². The van der Waals surface area contributed by atoms with Gasteiger partial charge < -0.3 is 15.4 Å². The summed E-state index contributed by atoms with van der Waals surface area (Å²) < 4.78 is 9.19. The van der Waals surface area contributed by atoms with E-state index >= 15 is 0 Å². The molecule has 5 rings (SSSR count). The van der Waals surface area contributed by atoms with Crippen LogP contribution in [0.5, 0.6) is 5.75 Å². The second kappa shape index (κ2) is 13.0. The molecule has 40 heavy (non-hydrogen) atoms. The van der Waals surface area contributed by atoms with Crippen molar-refractivity contribution < 1.29 is 14.3 Å². The number of ether oxygens (including phenoxy) is 1. The van der Waals surface area contributed by atoms with Crippen LogP contribution in [0, 0.1) is 0 Å². The maximum atomic E-state index is 12.7. The number of thioether (sulfide) groups is 1. The largest absolute Gasteiger partial charge is 0.482 e. The normalized spacial score (nSPS) is 11.0. The molecule has 9 nitrogen and oxygen atoms in total. The van der Waals surface area contributed by atoms with E-state index in [1.807, 2.05) is 48.5 Å². The Morgan fingerprint density at radius 3 is 2.60 bits per heavy atom. The van der Waals surface area contributed by atoms with Crippen molar-refractivity contribution in [2.24, 2.45) is 0 Å². The molecule has 0 atom stereocenters. The molecule has 0 aliphatic heterocycles. The van der Waals surface area contributed by atoms with Gasteiger partial charge in [0.2, 0.25) is 5.91 Å². The highest BCUT2D eigenvalue weighted by Gasteiger charge is 2.18. The summed E-state index contributed by atoms with van der Waals surface area (Å²) in [7, 11) is 0. The minimum atomic E-state index is -0.374. The average molecular weight is 678 g/mol. The van der Waals surface area contributed by atoms with Gasteiger partial charge in [0.1, 0.15) is 5.75 Å². The summed E-state index contributed by atoms with van der Waals surface area (Å²) in [6.07, 6.45) is 0. The lowest BCUT2D eigenvalue weighted by Crippen LogP contribution is -2.29. The van der Waals surface area contributed by atoms with Gasteiger partial charge in [-0.2, -0.15) is 0 Å². The maximum absolute atomic E-state index is 12.7. The molecule has 0 saturated carbocycles. The van der Waals surface area contributed by atoms with Crippen molar-refractivity contribution in [2.45, 2.75) is 11.7 Å². The second-order valence-corrected chi connectivity index (χ2v) is 11.9. The van der Waals surface area contributed by atoms with Crippen LogP contribution >= 0.6 is 62.2 Å². The van der Waals surface area contributed by atoms with Gasteiger partial charge in [-0.15, -0.1) is 10.2 Å². The summed E-state index contributed by atoms with van der Waals surface area (Å²) in [5, 5.41) is 16.0. The van der Waals surface area contributed by atoms with Gasteiger partial charge >= 0.3 is 0 Å². The molecular weight excluding hydrogens is 659 g/mol. The molecule has 2 aromatic heterocycles. The lowest BCUT2D eigenvalue weighted by Gasteiger charge is -2.12. The first-order chi connectivity index (χ1) is 19.4. The van der Waals surface area contributed by atoms with Crippen molar-refractivity contribution in [3.8, 4) is 11.4 Å². The standard InChI is InChI=1S/C26H19BrCl2N6O3S2/c27-15-5-8-17(9-6-15)35-22(12-30-23(36)13-38-20-10-7-16(28)11-18(20)29)33-34-26(35)39-14-24(37)32-25-31-19-3-1-2-4-21(19)40-25/h1-11H,12-14H2,(H,30,36)(H,31,32,37). The molecule has 0 fully saturated rings. The Morgan fingerprint density at radius 2 is 1.82 bits per heavy atom. The molecule has 5 aromatic rings. The molecule has 0 saturated heterocycles. The highest BCUT2D eigenvalue weighted by atomic mass is 79.9. The Balaban J connectivity index is 1.24. The molecule has 0 aliphatic rings. The van der Waals surface area contributed by atoms with E-state index in [2.05, 4.69) is 41.7 Å². The number of hydrogen-bond donors (Lipinski definition) is 2. The number of amides is 2. The van der Waals surface area contributed by atoms with Crippen LogP contribution in [0.4, 0.5) is 5.13 Å². The predicted octanol–water partition coefficient (Wildman–Crippen LogP) is 6.37. The number of nitrogens with zero attached hydrogens (tertiary/aromatic N) is 4. The number of carbonyl (C=O) groups excluding carboxylic acids is 2. The third-order valence-electron chi connectivity index (χ3n) is 5.35. The zero-order chi connectivity index (χ0) is 28.1. The number of para-hydroxylation sites is 1. The fourth-order valence-electron chi connectivity index (χ4n) is 3.53. The lowest BCUT2D eigenvalue weighted by atomic mass is 10.3. The van der Waals surface area contributed by atoms with Gasteiger partial charge in [0.15, 0.2) is 22.7 Å². The number of nitrogens with one attached hydrogen (secondary N) is 2. The van der Waals surface area contributed by atoms with Crippen molar-refractivity contribution in [3.05, 3.63) is 87.1 Å². The monoisotopic (exact) mass is 676 g/mol. The Kier molecular flexibility index (Phi) is 9.22. The van der Waals surface area contributed by atoms with E-state index in [0.29, 0.717) is 31.9 Å². The van der Waals surface area contributed by atoms with Crippen LogP contribution in [0.1, 0.15) is 5.82 Å². The zero-order valence-electron chi connectivity index (χ0n) is 20.4. The van der Waals surface area contributed by atoms with Crippen molar-refractivity contribution in [1.29, 1.82) is 0 Å². The first-order valence-corrected chi connectivity index (χ1v) is 15.0. The van der Waals surface area contributed by atoms with Gasteiger partial charge in [-0.3, -0.25) is 14.2 Å². The Labute approximate surface area is 255 Å². The number of fused-ring (bicyclic) bond motifs is 1. The summed E-state index contributed by atoms with van der Waals surface area (Å²) in [5.74, 6) is 0.325. The molecule has 14 heteroatoms. The fourth-order valence-corrected chi connectivity index (χ4v) is 5.91. The van der Waals surface area contributed by atoms with Crippen LogP contribution in [0.15, 0.2) is 76.4 Å². The van der Waals surface area contributed by atoms with Gasteiger partial charge in [-0.25, -0.2) is 4.98 Å². The summed E-state index contributed by atoms with van der Waals surface area (Å²) in [5.41, 5.74) is 1.61. The quantitative estimate of drug-likeness (QED) is 0.165. The summed E-state index contributed by atoms with van der Waals surface area (Å²) in [6.45, 7) is -0.167. The van der Waals surface area contributed by atoms with Crippen molar-refractivity contribution in [2.75, 3.05) is 17.7 Å². The summed E-state index contributed by atoms with van der Waals surface area (Å²) >= 11 is 18.1. The molecule has 2 N–H and O–H groups in total. The lowest BCUT2D eigenvalue weighted by molar-refractivity contribution is -0.123. The molecular formula is C26H19BrCl2N6O3S2. The van der Waals surface area contributed by atoms with Crippen molar-refractivity contribution >= 4 is 89.4 Å². The second-order valence-electron chi connectivity index (χ2n) is 8.17. The predicted molar refractivity (Wildman–Crippen MR) is 162 cm³/mol. The third kappa shape index (κ3) is 7.12. The molecule has 3 aromatic carbocycles. The van der Waals surface area contributed by atoms with Gasteiger partial charge in [-0.05, 0) is 54.6 Å². The number of carbonyl (C=O) groups is 2. The van der Waals surface area contributed by atoms with E-state index in [4.69, 9.17) is 27.9 Å². The first-order valence-electron chi connectivity index (χ1n) is 11.7. The zero-order valence-corrected chi connectivity index (χ0v) is 25.2. The molecule has 0 spiro atoms.